The molecule has 0 aromatic carbocycles. The Morgan fingerprint density at radius 1 is 1.27 bits per heavy atom. The van der Waals surface area contributed by atoms with Crippen molar-refractivity contribution >= 4 is 0 Å². The van der Waals surface area contributed by atoms with Crippen molar-refractivity contribution < 1.29 is 13.2 Å². The van der Waals surface area contributed by atoms with E-state index in [9.17, 15) is 22.8 Å². The van der Waals surface area contributed by atoms with Crippen LogP contribution in [0.3, 0.4) is 0 Å². The SMILES string of the molecule is Cn1cc(CNC2CCCC(C(F)(F)F)C2)c(=O)n(C)c1=O. The second-order valence-electron chi connectivity index (χ2n) is 5.89. The van der Waals surface area contributed by atoms with Crippen LogP contribution in [0, 0.1) is 5.92 Å². The highest BCUT2D eigenvalue weighted by molar-refractivity contribution is 5.05. The van der Waals surface area contributed by atoms with E-state index in [2.05, 4.69) is 5.32 Å². The third-order valence-electron chi connectivity index (χ3n) is 4.24. The molecule has 1 fully saturated rings. The summed E-state index contributed by atoms with van der Waals surface area (Å²) in [5, 5.41) is 3.03. The highest BCUT2D eigenvalue weighted by atomic mass is 19.4. The van der Waals surface area contributed by atoms with Gasteiger partial charge in [0, 0.05) is 38.4 Å². The number of nitrogens with zero attached hydrogens (tertiary/aromatic N) is 2. The lowest BCUT2D eigenvalue weighted by molar-refractivity contribution is -0.183. The van der Waals surface area contributed by atoms with E-state index in [1.807, 2.05) is 0 Å². The monoisotopic (exact) mass is 319 g/mol. The molecule has 5 nitrogen and oxygen atoms in total. The maximum atomic E-state index is 12.8. The van der Waals surface area contributed by atoms with Crippen molar-refractivity contribution in [1.82, 2.24) is 14.5 Å². The average molecular weight is 319 g/mol. The molecule has 0 bridgehead atoms. The van der Waals surface area contributed by atoms with Crippen molar-refractivity contribution in [3.05, 3.63) is 32.6 Å². The Hall–Kier alpha value is -1.57. The first-order valence-corrected chi connectivity index (χ1v) is 7.25. The van der Waals surface area contributed by atoms with Gasteiger partial charge in [-0.15, -0.1) is 0 Å². The molecule has 2 atom stereocenters. The molecular weight excluding hydrogens is 299 g/mol. The molecule has 1 aromatic rings. The first kappa shape index (κ1) is 16.8. The number of alkyl halides is 3. The Morgan fingerprint density at radius 3 is 2.59 bits per heavy atom. The summed E-state index contributed by atoms with van der Waals surface area (Å²) in [4.78, 5) is 23.5. The van der Waals surface area contributed by atoms with Gasteiger partial charge in [-0.2, -0.15) is 13.2 Å². The van der Waals surface area contributed by atoms with Gasteiger partial charge < -0.3 is 9.88 Å². The Kier molecular flexibility index (Phi) is 4.79. The second-order valence-corrected chi connectivity index (χ2v) is 5.89. The van der Waals surface area contributed by atoms with Crippen LogP contribution in [0.4, 0.5) is 13.2 Å². The summed E-state index contributed by atoms with van der Waals surface area (Å²) in [6, 6.07) is -0.262. The van der Waals surface area contributed by atoms with Crippen molar-refractivity contribution in [2.75, 3.05) is 0 Å². The first-order chi connectivity index (χ1) is 10.2. The standard InChI is InChI=1S/C14H20F3N3O2/c1-19-8-9(12(21)20(2)13(19)22)7-18-11-5-3-4-10(6-11)14(15,16)17/h8,10-11,18H,3-7H2,1-2H3. The lowest BCUT2D eigenvalue weighted by Gasteiger charge is -2.31. The van der Waals surface area contributed by atoms with E-state index in [1.165, 1.54) is 24.9 Å². The van der Waals surface area contributed by atoms with Crippen LogP contribution in [0.1, 0.15) is 31.2 Å². The van der Waals surface area contributed by atoms with Crippen LogP contribution in [0.15, 0.2) is 15.8 Å². The summed E-state index contributed by atoms with van der Waals surface area (Å²) in [5.74, 6) is -1.28. The number of rotatable bonds is 3. The molecule has 1 heterocycles. The molecule has 8 heteroatoms. The molecule has 0 spiro atoms. The highest BCUT2D eigenvalue weighted by Crippen LogP contribution is 2.37. The van der Waals surface area contributed by atoms with Crippen LogP contribution in [-0.4, -0.2) is 21.4 Å². The molecule has 1 aliphatic carbocycles. The Balaban J connectivity index is 2.05. The minimum atomic E-state index is -4.16. The first-order valence-electron chi connectivity index (χ1n) is 7.25. The Morgan fingerprint density at radius 2 is 1.95 bits per heavy atom. The Bertz CT molecular complexity index is 648. The fourth-order valence-corrected chi connectivity index (χ4v) is 2.93. The van der Waals surface area contributed by atoms with Crippen LogP contribution < -0.4 is 16.6 Å². The molecule has 0 aliphatic heterocycles. The zero-order valence-electron chi connectivity index (χ0n) is 12.6. The zero-order chi connectivity index (χ0) is 16.5. The van der Waals surface area contributed by atoms with Gasteiger partial charge in [0.2, 0.25) is 0 Å². The van der Waals surface area contributed by atoms with Crippen molar-refractivity contribution in [3.63, 3.8) is 0 Å². The summed E-state index contributed by atoms with van der Waals surface area (Å²) in [6.07, 6.45) is -1.33. The number of halogens is 3. The van der Waals surface area contributed by atoms with Gasteiger partial charge in [-0.1, -0.05) is 6.42 Å². The number of hydrogen-bond donors (Lipinski definition) is 1. The molecular formula is C14H20F3N3O2. The molecule has 0 radical (unpaired) electrons. The third kappa shape index (κ3) is 3.60. The summed E-state index contributed by atoms with van der Waals surface area (Å²) in [5.41, 5.74) is -0.471. The number of nitrogens with one attached hydrogen (secondary N) is 1. The third-order valence-corrected chi connectivity index (χ3v) is 4.24. The van der Waals surface area contributed by atoms with Crippen molar-refractivity contribution in [2.24, 2.45) is 20.0 Å². The second kappa shape index (κ2) is 6.28. The Labute approximate surface area is 125 Å². The van der Waals surface area contributed by atoms with Gasteiger partial charge >= 0.3 is 11.9 Å². The fourth-order valence-electron chi connectivity index (χ4n) is 2.93. The molecule has 2 unspecified atom stereocenters. The van der Waals surface area contributed by atoms with Crippen LogP contribution in [0.2, 0.25) is 0 Å². The van der Waals surface area contributed by atoms with Gasteiger partial charge in [0.1, 0.15) is 0 Å². The molecule has 1 aromatic heterocycles. The highest BCUT2D eigenvalue weighted by Gasteiger charge is 2.42. The van der Waals surface area contributed by atoms with Gasteiger partial charge in [0.25, 0.3) is 5.56 Å². The summed E-state index contributed by atoms with van der Waals surface area (Å²) < 4.78 is 40.6. The van der Waals surface area contributed by atoms with Crippen molar-refractivity contribution in [2.45, 2.75) is 44.4 Å². The number of hydrogen-bond acceptors (Lipinski definition) is 3. The van der Waals surface area contributed by atoms with Gasteiger partial charge in [-0.25, -0.2) is 4.79 Å². The van der Waals surface area contributed by atoms with Gasteiger partial charge in [-0.3, -0.25) is 9.36 Å². The average Bonchev–Trinajstić information content (AvgIpc) is 2.47. The molecule has 1 saturated carbocycles. The van der Waals surface area contributed by atoms with Gasteiger partial charge in [-0.05, 0) is 19.3 Å². The molecule has 0 amide bonds. The predicted molar refractivity (Wildman–Crippen MR) is 75.6 cm³/mol. The molecule has 124 valence electrons. The molecule has 22 heavy (non-hydrogen) atoms. The normalized spacial score (nSPS) is 22.8. The van der Waals surface area contributed by atoms with E-state index < -0.39 is 23.3 Å². The van der Waals surface area contributed by atoms with Crippen molar-refractivity contribution in [3.8, 4) is 0 Å². The van der Waals surface area contributed by atoms with E-state index >= 15 is 0 Å². The summed E-state index contributed by atoms with van der Waals surface area (Å²) >= 11 is 0. The minimum Gasteiger partial charge on any atom is -0.310 e. The van der Waals surface area contributed by atoms with E-state index in [4.69, 9.17) is 0 Å². The van der Waals surface area contributed by atoms with Crippen LogP contribution in [0.25, 0.3) is 0 Å². The van der Waals surface area contributed by atoms with Crippen LogP contribution in [0.5, 0.6) is 0 Å². The number of aryl methyl sites for hydroxylation is 1. The molecule has 0 saturated heterocycles. The largest absolute Gasteiger partial charge is 0.391 e. The van der Waals surface area contributed by atoms with Crippen LogP contribution >= 0.6 is 0 Å². The molecule has 1 aliphatic rings. The van der Waals surface area contributed by atoms with E-state index in [0.29, 0.717) is 18.4 Å². The maximum Gasteiger partial charge on any atom is 0.391 e. The maximum absolute atomic E-state index is 12.8. The topological polar surface area (TPSA) is 56.0 Å². The minimum absolute atomic E-state index is 0.0373. The smallest absolute Gasteiger partial charge is 0.310 e. The zero-order valence-corrected chi connectivity index (χ0v) is 12.6. The summed E-state index contributed by atoms with van der Waals surface area (Å²) in [7, 11) is 2.92. The lowest BCUT2D eigenvalue weighted by atomic mass is 9.85. The van der Waals surface area contributed by atoms with Crippen LogP contribution in [-0.2, 0) is 20.6 Å². The number of aromatic nitrogens is 2. The fraction of sp³-hybridized carbons (Fsp3) is 0.714. The van der Waals surface area contributed by atoms with E-state index in [1.54, 1.807) is 0 Å². The van der Waals surface area contributed by atoms with E-state index in [0.717, 1.165) is 4.57 Å². The van der Waals surface area contributed by atoms with Gasteiger partial charge in [0.05, 0.1) is 5.92 Å². The molecule has 1 N–H and O–H groups in total. The predicted octanol–water partition coefficient (Wildman–Crippen LogP) is 1.29. The van der Waals surface area contributed by atoms with Gasteiger partial charge in [0.15, 0.2) is 0 Å². The van der Waals surface area contributed by atoms with E-state index in [-0.39, 0.29) is 25.4 Å². The summed E-state index contributed by atoms with van der Waals surface area (Å²) in [6.45, 7) is 0.163. The lowest BCUT2D eigenvalue weighted by Crippen LogP contribution is -2.42. The quantitative estimate of drug-likeness (QED) is 0.913. The molecule has 2 rings (SSSR count). The van der Waals surface area contributed by atoms with Crippen molar-refractivity contribution in [1.29, 1.82) is 0 Å².